The molecule has 28 heavy (non-hydrogen) atoms. The van der Waals surface area contributed by atoms with Crippen LogP contribution in [0.2, 0.25) is 0 Å². The molecular weight excluding hydrogens is 376 g/mol. The predicted molar refractivity (Wildman–Crippen MR) is 97.7 cm³/mol. The summed E-state index contributed by atoms with van der Waals surface area (Å²) in [6.45, 7) is 1.08. The topological polar surface area (TPSA) is 147 Å². The summed E-state index contributed by atoms with van der Waals surface area (Å²) in [6.07, 6.45) is -2.33. The van der Waals surface area contributed by atoms with Gasteiger partial charge in [-0.2, -0.15) is 0 Å². The quantitative estimate of drug-likeness (QED) is 0.177. The van der Waals surface area contributed by atoms with Gasteiger partial charge in [0.2, 0.25) is 0 Å². The van der Waals surface area contributed by atoms with Crippen molar-refractivity contribution in [1.29, 1.82) is 0 Å². The molecule has 0 bridgehead atoms. The minimum atomic E-state index is -1.28. The van der Waals surface area contributed by atoms with Crippen molar-refractivity contribution in [1.82, 2.24) is 0 Å². The number of hydrogen-bond donors (Lipinski definition) is 5. The summed E-state index contributed by atoms with van der Waals surface area (Å²) in [6, 6.07) is 0. The minimum absolute atomic E-state index is 0.0121. The van der Waals surface area contributed by atoms with Crippen molar-refractivity contribution in [3.63, 3.8) is 0 Å². The van der Waals surface area contributed by atoms with Crippen LogP contribution in [-0.4, -0.2) is 116 Å². The van der Waals surface area contributed by atoms with Crippen LogP contribution in [0.3, 0.4) is 0 Å². The number of aliphatic hydroxyl groups is 5. The van der Waals surface area contributed by atoms with Crippen LogP contribution in [0.25, 0.3) is 0 Å². The van der Waals surface area contributed by atoms with Crippen LogP contribution in [-0.2, 0) is 23.7 Å². The van der Waals surface area contributed by atoms with E-state index in [1.807, 2.05) is 0 Å². The van der Waals surface area contributed by atoms with Gasteiger partial charge in [0.05, 0.1) is 6.61 Å². The second kappa shape index (κ2) is 16.4. The lowest BCUT2D eigenvalue weighted by Gasteiger charge is -2.44. The van der Waals surface area contributed by atoms with Crippen molar-refractivity contribution in [3.05, 3.63) is 0 Å². The zero-order valence-electron chi connectivity index (χ0n) is 16.4. The molecule has 1 aliphatic heterocycles. The highest BCUT2D eigenvalue weighted by molar-refractivity contribution is 4.92. The van der Waals surface area contributed by atoms with E-state index in [2.05, 4.69) is 0 Å². The number of rotatable bonds is 17. The summed E-state index contributed by atoms with van der Waals surface area (Å²) in [5, 5.41) is 46.3. The first kappa shape index (κ1) is 25.6. The molecule has 10 heteroatoms. The van der Waals surface area contributed by atoms with E-state index in [1.165, 1.54) is 0 Å². The van der Waals surface area contributed by atoms with E-state index >= 15 is 0 Å². The van der Waals surface area contributed by atoms with Crippen molar-refractivity contribution in [2.24, 2.45) is 0 Å². The van der Waals surface area contributed by atoms with E-state index in [-0.39, 0.29) is 52.9 Å². The Hall–Kier alpha value is -0.400. The van der Waals surface area contributed by atoms with Crippen molar-refractivity contribution in [2.75, 3.05) is 59.5 Å². The van der Waals surface area contributed by atoms with E-state index in [1.54, 1.807) is 0 Å². The summed E-state index contributed by atoms with van der Waals surface area (Å²) in [4.78, 5) is 0. The lowest BCUT2D eigenvalue weighted by atomic mass is 9.98. The molecule has 0 aliphatic carbocycles. The van der Waals surface area contributed by atoms with Gasteiger partial charge in [-0.1, -0.05) is 0 Å². The third-order valence-corrected chi connectivity index (χ3v) is 4.18. The molecule has 1 saturated heterocycles. The molecule has 168 valence electrons. The number of ether oxygens (including phenoxy) is 5. The third-order valence-electron chi connectivity index (χ3n) is 4.18. The van der Waals surface area contributed by atoms with Crippen molar-refractivity contribution >= 4 is 0 Å². The fourth-order valence-electron chi connectivity index (χ4n) is 2.82. The molecule has 5 atom stereocenters. The van der Waals surface area contributed by atoms with E-state index in [9.17, 15) is 5.11 Å². The van der Waals surface area contributed by atoms with Gasteiger partial charge < -0.3 is 49.2 Å². The molecule has 1 rings (SSSR count). The first-order valence-electron chi connectivity index (χ1n) is 9.89. The van der Waals surface area contributed by atoms with Gasteiger partial charge in [0.1, 0.15) is 24.4 Å². The van der Waals surface area contributed by atoms with E-state index < -0.39 is 30.7 Å². The molecule has 0 aromatic heterocycles. The lowest BCUT2D eigenvalue weighted by molar-refractivity contribution is -0.312. The maximum absolute atomic E-state index is 10.4. The minimum Gasteiger partial charge on any atom is -0.396 e. The van der Waals surface area contributed by atoms with Crippen LogP contribution >= 0.6 is 0 Å². The Morgan fingerprint density at radius 3 is 1.61 bits per heavy atom. The van der Waals surface area contributed by atoms with Crippen molar-refractivity contribution in [3.8, 4) is 0 Å². The Kier molecular flexibility index (Phi) is 15.0. The van der Waals surface area contributed by atoms with Gasteiger partial charge in [-0.25, -0.2) is 0 Å². The average Bonchev–Trinajstić information content (AvgIpc) is 2.69. The highest BCUT2D eigenvalue weighted by Crippen LogP contribution is 2.28. The Morgan fingerprint density at radius 1 is 0.607 bits per heavy atom. The van der Waals surface area contributed by atoms with Crippen LogP contribution in [0, 0.1) is 0 Å². The summed E-state index contributed by atoms with van der Waals surface area (Å²) in [7, 11) is 0. The largest absolute Gasteiger partial charge is 0.396 e. The van der Waals surface area contributed by atoms with Crippen LogP contribution in [0.5, 0.6) is 0 Å². The molecular formula is C18H36O10. The predicted octanol–water partition coefficient (Wildman–Crippen LogP) is -1.59. The van der Waals surface area contributed by atoms with Gasteiger partial charge in [-0.15, -0.1) is 0 Å². The van der Waals surface area contributed by atoms with Crippen LogP contribution in [0.1, 0.15) is 25.7 Å². The van der Waals surface area contributed by atoms with Gasteiger partial charge in [0.25, 0.3) is 0 Å². The van der Waals surface area contributed by atoms with Crippen molar-refractivity contribution < 1.29 is 49.2 Å². The SMILES string of the molecule is OCCCOC[C@H]1OC(O)[C@H](OCCCO)[C@@H](OCCCO)[C@H]1OCCCO. The highest BCUT2D eigenvalue weighted by atomic mass is 16.7. The lowest BCUT2D eigenvalue weighted by Crippen LogP contribution is -2.61. The van der Waals surface area contributed by atoms with Gasteiger partial charge in [-0.3, -0.25) is 0 Å². The fourth-order valence-corrected chi connectivity index (χ4v) is 2.82. The van der Waals surface area contributed by atoms with E-state index in [0.29, 0.717) is 32.3 Å². The summed E-state index contributed by atoms with van der Waals surface area (Å²) >= 11 is 0. The van der Waals surface area contributed by atoms with Crippen LogP contribution in [0.15, 0.2) is 0 Å². The molecule has 0 radical (unpaired) electrons. The fraction of sp³-hybridized carbons (Fsp3) is 1.00. The first-order valence-corrected chi connectivity index (χ1v) is 9.89. The summed E-state index contributed by atoms with van der Waals surface area (Å²) < 4.78 is 28.6. The standard InChI is InChI=1S/C18H36O10/c19-5-1-9-24-13-14-15(25-10-2-6-20)16(26-11-3-7-21)17(18(23)28-14)27-12-4-8-22/h14-23H,1-13H2/t14-,15+,16+,17-,18?/m1/s1. The molecule has 0 aromatic carbocycles. The normalized spacial score (nSPS) is 28.0. The van der Waals surface area contributed by atoms with Crippen LogP contribution in [0.4, 0.5) is 0 Å². The Morgan fingerprint density at radius 2 is 1.07 bits per heavy atom. The molecule has 1 unspecified atom stereocenters. The zero-order valence-corrected chi connectivity index (χ0v) is 16.4. The molecule has 10 nitrogen and oxygen atoms in total. The second-order valence-electron chi connectivity index (χ2n) is 6.45. The third kappa shape index (κ3) is 9.40. The first-order chi connectivity index (χ1) is 13.7. The molecule has 1 aliphatic rings. The van der Waals surface area contributed by atoms with Gasteiger partial charge in [0.15, 0.2) is 6.29 Å². The molecule has 0 spiro atoms. The summed E-state index contributed by atoms with van der Waals surface area (Å²) in [5.74, 6) is 0. The Balaban J connectivity index is 2.84. The van der Waals surface area contributed by atoms with Crippen LogP contribution < -0.4 is 0 Å². The zero-order chi connectivity index (χ0) is 20.6. The van der Waals surface area contributed by atoms with E-state index in [4.69, 9.17) is 44.1 Å². The maximum Gasteiger partial charge on any atom is 0.184 e. The average molecular weight is 412 g/mol. The molecule has 1 heterocycles. The van der Waals surface area contributed by atoms with Crippen molar-refractivity contribution in [2.45, 2.75) is 56.4 Å². The monoisotopic (exact) mass is 412 g/mol. The Labute approximate surface area is 165 Å². The molecule has 0 aromatic rings. The molecule has 1 fully saturated rings. The van der Waals surface area contributed by atoms with Gasteiger partial charge in [-0.05, 0) is 25.7 Å². The number of hydrogen-bond acceptors (Lipinski definition) is 10. The number of aliphatic hydroxyl groups excluding tert-OH is 5. The van der Waals surface area contributed by atoms with Gasteiger partial charge >= 0.3 is 0 Å². The second-order valence-corrected chi connectivity index (χ2v) is 6.45. The maximum atomic E-state index is 10.4. The van der Waals surface area contributed by atoms with E-state index in [0.717, 1.165) is 0 Å². The molecule has 0 saturated carbocycles. The molecule has 5 N–H and O–H groups in total. The molecule has 0 amide bonds. The smallest absolute Gasteiger partial charge is 0.184 e. The summed E-state index contributed by atoms with van der Waals surface area (Å²) in [5.41, 5.74) is 0. The Bertz CT molecular complexity index is 359. The van der Waals surface area contributed by atoms with Gasteiger partial charge in [0, 0.05) is 52.9 Å². The highest BCUT2D eigenvalue weighted by Gasteiger charge is 2.47.